The lowest BCUT2D eigenvalue weighted by Gasteiger charge is -2.35. The van der Waals surface area contributed by atoms with E-state index >= 15 is 0 Å². The number of nitrogens with zero attached hydrogens (tertiary/aromatic N) is 4. The van der Waals surface area contributed by atoms with Crippen LogP contribution >= 0.6 is 11.3 Å². The molecule has 0 radical (unpaired) electrons. The van der Waals surface area contributed by atoms with Crippen molar-refractivity contribution in [3.8, 4) is 10.6 Å². The summed E-state index contributed by atoms with van der Waals surface area (Å²) < 4.78 is 27.7. The second-order valence-electron chi connectivity index (χ2n) is 10.2. The van der Waals surface area contributed by atoms with Gasteiger partial charge in [0.25, 0.3) is 5.92 Å². The number of rotatable bonds is 7. The minimum Gasteiger partial charge on any atom is -0.396 e. The lowest BCUT2D eigenvalue weighted by Crippen LogP contribution is -2.44. The van der Waals surface area contributed by atoms with Crippen LogP contribution in [0.2, 0.25) is 0 Å². The average Bonchev–Trinajstić information content (AvgIpc) is 3.51. The molecule has 3 aromatic heterocycles. The predicted octanol–water partition coefficient (Wildman–Crippen LogP) is 3.06. The van der Waals surface area contributed by atoms with E-state index in [-0.39, 0.29) is 25.4 Å². The summed E-state index contributed by atoms with van der Waals surface area (Å²) in [6.45, 7) is 1.56. The highest BCUT2D eigenvalue weighted by atomic mass is 32.1. The zero-order chi connectivity index (χ0) is 25.2. The maximum atomic E-state index is 13.4. The van der Waals surface area contributed by atoms with Gasteiger partial charge in [0.2, 0.25) is 5.95 Å². The molecule has 3 fully saturated rings. The van der Waals surface area contributed by atoms with Crippen molar-refractivity contribution in [2.45, 2.75) is 75.2 Å². The van der Waals surface area contributed by atoms with Crippen molar-refractivity contribution >= 4 is 33.3 Å². The third-order valence-corrected chi connectivity index (χ3v) is 8.42. The van der Waals surface area contributed by atoms with Gasteiger partial charge < -0.3 is 26.0 Å². The van der Waals surface area contributed by atoms with Gasteiger partial charge in [0, 0.05) is 43.5 Å². The van der Waals surface area contributed by atoms with E-state index in [9.17, 15) is 24.1 Å². The molecule has 3 heterocycles. The van der Waals surface area contributed by atoms with Gasteiger partial charge in [-0.3, -0.25) is 4.98 Å². The fraction of sp³-hybridized carbons (Fsp3) is 0.583. The molecule has 5 N–H and O–H groups in total. The molecular weight excluding hydrogens is 490 g/mol. The van der Waals surface area contributed by atoms with E-state index in [0.717, 1.165) is 28.8 Å². The molecule has 1 unspecified atom stereocenters. The van der Waals surface area contributed by atoms with Gasteiger partial charge in [-0.05, 0) is 32.3 Å². The molecule has 0 aromatic carbocycles. The Morgan fingerprint density at radius 1 is 1.11 bits per heavy atom. The Labute approximate surface area is 210 Å². The molecule has 3 aliphatic carbocycles. The maximum Gasteiger partial charge on any atom is 0.252 e. The van der Waals surface area contributed by atoms with Crippen molar-refractivity contribution in [2.24, 2.45) is 5.92 Å². The van der Waals surface area contributed by atoms with Gasteiger partial charge in [-0.15, -0.1) is 11.3 Å². The number of hydrogen-bond acceptors (Lipinski definition) is 10. The number of hydrogen-bond donors (Lipinski definition) is 5. The number of halogens is 2. The van der Waals surface area contributed by atoms with Gasteiger partial charge in [-0.1, -0.05) is 0 Å². The molecular formula is C24H28F2N6O3S. The van der Waals surface area contributed by atoms with E-state index in [4.69, 9.17) is 4.98 Å². The van der Waals surface area contributed by atoms with Crippen LogP contribution in [0.25, 0.3) is 20.8 Å². The Morgan fingerprint density at radius 3 is 2.56 bits per heavy atom. The molecule has 4 atom stereocenters. The smallest absolute Gasteiger partial charge is 0.252 e. The largest absolute Gasteiger partial charge is 0.396 e. The van der Waals surface area contributed by atoms with Crippen LogP contribution in [0, 0.1) is 12.8 Å². The molecule has 0 saturated heterocycles. The van der Waals surface area contributed by atoms with E-state index in [2.05, 4.69) is 25.6 Å². The van der Waals surface area contributed by atoms with Crippen LogP contribution in [0.1, 0.15) is 49.4 Å². The van der Waals surface area contributed by atoms with Crippen molar-refractivity contribution in [1.82, 2.24) is 19.9 Å². The third kappa shape index (κ3) is 4.29. The quantitative estimate of drug-likeness (QED) is 0.320. The van der Waals surface area contributed by atoms with E-state index < -0.39 is 36.1 Å². The number of fused-ring (bicyclic) bond motifs is 1. The van der Waals surface area contributed by atoms with Crippen molar-refractivity contribution in [1.29, 1.82) is 0 Å². The Morgan fingerprint density at radius 2 is 1.89 bits per heavy atom. The van der Waals surface area contributed by atoms with Crippen LogP contribution in [0.4, 0.5) is 20.5 Å². The predicted molar refractivity (Wildman–Crippen MR) is 131 cm³/mol. The molecule has 3 aromatic rings. The molecule has 0 bridgehead atoms. The Balaban J connectivity index is 1.38. The van der Waals surface area contributed by atoms with Crippen molar-refractivity contribution in [2.75, 3.05) is 17.2 Å². The molecule has 0 amide bonds. The third-order valence-electron chi connectivity index (χ3n) is 7.39. The molecule has 6 rings (SSSR count). The van der Waals surface area contributed by atoms with Crippen LogP contribution in [0.15, 0.2) is 12.3 Å². The number of alkyl halides is 2. The fourth-order valence-electron chi connectivity index (χ4n) is 5.21. The van der Waals surface area contributed by atoms with Gasteiger partial charge in [-0.2, -0.15) is 4.98 Å². The molecule has 3 saturated carbocycles. The number of aliphatic hydroxyl groups is 3. The molecule has 3 aliphatic rings. The molecule has 12 heteroatoms. The van der Waals surface area contributed by atoms with Gasteiger partial charge in [0.15, 0.2) is 0 Å². The summed E-state index contributed by atoms with van der Waals surface area (Å²) in [5.74, 6) is -2.10. The summed E-state index contributed by atoms with van der Waals surface area (Å²) >= 11 is 1.49. The first kappa shape index (κ1) is 23.8. The highest BCUT2D eigenvalue weighted by molar-refractivity contribution is 7.21. The number of aliphatic hydroxyl groups excluding tert-OH is 3. The molecule has 36 heavy (non-hydrogen) atoms. The van der Waals surface area contributed by atoms with Crippen LogP contribution in [0.3, 0.4) is 0 Å². The minimum atomic E-state index is -2.68. The van der Waals surface area contributed by atoms with Crippen molar-refractivity contribution in [3.63, 3.8) is 0 Å². The summed E-state index contributed by atoms with van der Waals surface area (Å²) in [6, 6.07) is 0.941. The van der Waals surface area contributed by atoms with Gasteiger partial charge in [0.05, 0.1) is 33.8 Å². The first-order chi connectivity index (χ1) is 17.2. The second kappa shape index (κ2) is 8.79. The van der Waals surface area contributed by atoms with Crippen LogP contribution in [0.5, 0.6) is 0 Å². The lowest BCUT2D eigenvalue weighted by atomic mass is 9.88. The first-order valence-corrected chi connectivity index (χ1v) is 13.1. The van der Waals surface area contributed by atoms with Crippen molar-refractivity contribution < 1.29 is 24.1 Å². The number of anilines is 2. The summed E-state index contributed by atoms with van der Waals surface area (Å²) in [6.07, 6.45) is 1.62. The molecule has 9 nitrogen and oxygen atoms in total. The number of thiazole rings is 1. The number of pyridine rings is 1. The maximum absolute atomic E-state index is 13.4. The lowest BCUT2D eigenvalue weighted by molar-refractivity contribution is -0.0794. The Bertz CT molecular complexity index is 1290. The van der Waals surface area contributed by atoms with Crippen molar-refractivity contribution in [3.05, 3.63) is 23.7 Å². The SMILES string of the molecule is Cc1nc(NC2CC(F)(F)C2)nc(NC2C[C@H](CO)[C@@H](O)[C@H]2O)c1-c1nc2c(C3CC3)nccc2s1. The monoisotopic (exact) mass is 518 g/mol. The molecule has 0 aliphatic heterocycles. The minimum absolute atomic E-state index is 0.215. The average molecular weight is 519 g/mol. The highest BCUT2D eigenvalue weighted by Gasteiger charge is 2.46. The zero-order valence-corrected chi connectivity index (χ0v) is 20.5. The fourth-order valence-corrected chi connectivity index (χ4v) is 6.27. The van der Waals surface area contributed by atoms with Crippen LogP contribution in [-0.4, -0.2) is 72.1 Å². The van der Waals surface area contributed by atoms with Gasteiger partial charge >= 0.3 is 0 Å². The molecule has 192 valence electrons. The molecule has 0 spiro atoms. The summed E-state index contributed by atoms with van der Waals surface area (Å²) in [7, 11) is 0. The van der Waals surface area contributed by atoms with E-state index in [1.165, 1.54) is 11.3 Å². The highest BCUT2D eigenvalue weighted by Crippen LogP contribution is 2.45. The Hall–Kier alpha value is -2.54. The number of nitrogens with one attached hydrogen (secondary N) is 2. The van der Waals surface area contributed by atoms with Crippen LogP contribution < -0.4 is 10.6 Å². The Kier molecular flexibility index (Phi) is 5.82. The van der Waals surface area contributed by atoms with E-state index in [0.29, 0.717) is 34.4 Å². The zero-order valence-electron chi connectivity index (χ0n) is 19.7. The first-order valence-electron chi connectivity index (χ1n) is 12.2. The van der Waals surface area contributed by atoms with E-state index in [1.54, 1.807) is 6.20 Å². The summed E-state index contributed by atoms with van der Waals surface area (Å²) in [5, 5.41) is 37.4. The number of aromatic nitrogens is 4. The standard InChI is InChI=1S/C24H28F2N6O3S/c1-10-16(22-31-18-15(36-22)4-5-27-17(18)11-2-3-11)21(30-14-6-12(9-33)19(34)20(14)35)32-23(28-10)29-13-7-24(25,26)8-13/h4-5,11-14,19-20,33-35H,2-3,6-9H2,1H3,(H2,28,29,30,32)/t12-,14?,19-,20+/m1/s1. The summed E-state index contributed by atoms with van der Waals surface area (Å²) in [4.78, 5) is 18.6. The van der Waals surface area contributed by atoms with Crippen LogP contribution in [-0.2, 0) is 0 Å². The number of aryl methyl sites for hydroxylation is 1. The summed E-state index contributed by atoms with van der Waals surface area (Å²) in [5.41, 5.74) is 3.11. The van der Waals surface area contributed by atoms with Gasteiger partial charge in [0.1, 0.15) is 22.4 Å². The van der Waals surface area contributed by atoms with Gasteiger partial charge in [-0.25, -0.2) is 18.7 Å². The van der Waals surface area contributed by atoms with E-state index in [1.807, 2.05) is 13.0 Å². The normalized spacial score (nSPS) is 27.8. The second-order valence-corrected chi connectivity index (χ2v) is 11.2. The topological polar surface area (TPSA) is 136 Å².